The minimum absolute atomic E-state index is 0.458. The van der Waals surface area contributed by atoms with Crippen LogP contribution in [0.25, 0.3) is 0 Å². The largest absolute Gasteiger partial charge is 0.318 e. The summed E-state index contributed by atoms with van der Waals surface area (Å²) in [5, 5.41) is 1.28. The zero-order valence-electron chi connectivity index (χ0n) is 15.2. The zero-order chi connectivity index (χ0) is 16.4. The van der Waals surface area contributed by atoms with Gasteiger partial charge in [0.1, 0.15) is 7.14 Å². The van der Waals surface area contributed by atoms with Crippen LogP contribution in [0.15, 0.2) is 12.1 Å². The van der Waals surface area contributed by atoms with Gasteiger partial charge in [0.05, 0.1) is 0 Å². The van der Waals surface area contributed by atoms with Gasteiger partial charge < -0.3 is 4.57 Å². The van der Waals surface area contributed by atoms with Crippen molar-refractivity contribution in [3.63, 3.8) is 0 Å². The summed E-state index contributed by atoms with van der Waals surface area (Å²) in [6.07, 6.45) is 12.6. The van der Waals surface area contributed by atoms with Crippen molar-refractivity contribution in [2.24, 2.45) is 0 Å². The van der Waals surface area contributed by atoms with E-state index in [1.165, 1.54) is 86.2 Å². The highest BCUT2D eigenvalue weighted by Gasteiger charge is 2.43. The molecule has 2 heteroatoms. The van der Waals surface area contributed by atoms with Crippen LogP contribution in [0.1, 0.15) is 80.9 Å². The summed E-state index contributed by atoms with van der Waals surface area (Å²) in [6, 6.07) is 4.53. The second-order valence-electron chi connectivity index (χ2n) is 8.04. The first-order valence-corrected chi connectivity index (χ1v) is 11.6. The van der Waals surface area contributed by atoms with Crippen LogP contribution >= 0.6 is 7.14 Å². The van der Waals surface area contributed by atoms with Crippen molar-refractivity contribution in [2.45, 2.75) is 96.3 Å². The summed E-state index contributed by atoms with van der Waals surface area (Å²) in [4.78, 5) is 0. The van der Waals surface area contributed by atoms with Crippen molar-refractivity contribution >= 4 is 12.4 Å². The van der Waals surface area contributed by atoms with Gasteiger partial charge in [-0.25, -0.2) is 0 Å². The lowest BCUT2D eigenvalue weighted by atomic mass is 9.99. The minimum atomic E-state index is -2.32. The monoisotopic (exact) mass is 332 g/mol. The molecule has 0 amide bonds. The number of hydrogen-bond acceptors (Lipinski definition) is 1. The molecule has 2 aliphatic rings. The third kappa shape index (κ3) is 3.32. The summed E-state index contributed by atoms with van der Waals surface area (Å²) in [5.74, 6) is 0. The molecule has 0 atom stereocenters. The molecule has 0 unspecified atom stereocenters. The van der Waals surface area contributed by atoms with Crippen molar-refractivity contribution in [1.82, 2.24) is 0 Å². The third-order valence-electron chi connectivity index (χ3n) is 6.22. The Labute approximate surface area is 142 Å². The topological polar surface area (TPSA) is 17.1 Å². The molecule has 0 N–H and O–H groups in total. The molecular formula is C21H33OP. The lowest BCUT2D eigenvalue weighted by molar-refractivity contribution is 0.452. The molecular weight excluding hydrogens is 299 g/mol. The van der Waals surface area contributed by atoms with Crippen molar-refractivity contribution < 1.29 is 4.57 Å². The molecule has 0 spiro atoms. The summed E-state index contributed by atoms with van der Waals surface area (Å²) in [5.41, 5.74) is 4.81. The van der Waals surface area contributed by atoms with Crippen LogP contribution in [0.4, 0.5) is 0 Å². The lowest BCUT2D eigenvalue weighted by Crippen LogP contribution is -2.32. The van der Waals surface area contributed by atoms with Crippen LogP contribution in [0, 0.1) is 20.8 Å². The minimum Gasteiger partial charge on any atom is -0.318 e. The zero-order valence-corrected chi connectivity index (χ0v) is 16.1. The number of rotatable bonds is 3. The van der Waals surface area contributed by atoms with Crippen LogP contribution in [0.2, 0.25) is 0 Å². The molecule has 3 rings (SSSR count). The van der Waals surface area contributed by atoms with Gasteiger partial charge >= 0.3 is 0 Å². The van der Waals surface area contributed by atoms with Gasteiger partial charge in [-0.1, -0.05) is 56.2 Å². The van der Waals surface area contributed by atoms with E-state index in [2.05, 4.69) is 32.9 Å². The predicted molar refractivity (Wildman–Crippen MR) is 102 cm³/mol. The van der Waals surface area contributed by atoms with Crippen LogP contribution in [0.3, 0.4) is 0 Å². The van der Waals surface area contributed by atoms with Crippen molar-refractivity contribution in [2.75, 3.05) is 0 Å². The van der Waals surface area contributed by atoms with Gasteiger partial charge in [-0.3, -0.25) is 0 Å². The SMILES string of the molecule is Cc1cc(C)c(P(=O)(C2CCCCC2)C2CCCCC2)c(C)c1. The van der Waals surface area contributed by atoms with Gasteiger partial charge in [0.2, 0.25) is 0 Å². The van der Waals surface area contributed by atoms with Crippen molar-refractivity contribution in [3.8, 4) is 0 Å². The van der Waals surface area contributed by atoms with Gasteiger partial charge in [-0.05, 0) is 57.6 Å². The molecule has 23 heavy (non-hydrogen) atoms. The van der Waals surface area contributed by atoms with Gasteiger partial charge in [-0.2, -0.15) is 0 Å². The van der Waals surface area contributed by atoms with Gasteiger partial charge in [-0.15, -0.1) is 0 Å². The molecule has 2 aliphatic carbocycles. The van der Waals surface area contributed by atoms with E-state index < -0.39 is 7.14 Å². The van der Waals surface area contributed by atoms with Gasteiger partial charge in [0.15, 0.2) is 0 Å². The maximum absolute atomic E-state index is 14.7. The van der Waals surface area contributed by atoms with E-state index in [0.29, 0.717) is 11.3 Å². The molecule has 0 radical (unpaired) electrons. The average Bonchev–Trinajstić information content (AvgIpc) is 2.55. The fraction of sp³-hybridized carbons (Fsp3) is 0.714. The Bertz CT molecular complexity index is 547. The molecule has 1 aromatic carbocycles. The molecule has 0 aromatic heterocycles. The molecule has 0 aliphatic heterocycles. The van der Waals surface area contributed by atoms with Crippen molar-refractivity contribution in [3.05, 3.63) is 28.8 Å². The number of hydrogen-bond donors (Lipinski definition) is 0. The molecule has 1 aromatic rings. The molecule has 128 valence electrons. The molecule has 2 saturated carbocycles. The van der Waals surface area contributed by atoms with E-state index in [-0.39, 0.29) is 0 Å². The van der Waals surface area contributed by atoms with E-state index in [4.69, 9.17) is 0 Å². The Kier molecular flexibility index (Phi) is 5.36. The Balaban J connectivity index is 2.09. The van der Waals surface area contributed by atoms with E-state index in [0.717, 1.165) is 0 Å². The molecule has 0 bridgehead atoms. The van der Waals surface area contributed by atoms with Crippen LogP contribution in [-0.4, -0.2) is 11.3 Å². The Hall–Kier alpha value is -0.550. The smallest absolute Gasteiger partial charge is 0.122 e. The van der Waals surface area contributed by atoms with E-state index in [9.17, 15) is 4.57 Å². The van der Waals surface area contributed by atoms with E-state index in [1.54, 1.807) is 0 Å². The van der Waals surface area contributed by atoms with Gasteiger partial charge in [0, 0.05) is 16.6 Å². The Morgan fingerprint density at radius 1 is 0.739 bits per heavy atom. The first-order chi connectivity index (χ1) is 11.0. The molecule has 1 nitrogen and oxygen atoms in total. The van der Waals surface area contributed by atoms with Gasteiger partial charge in [0.25, 0.3) is 0 Å². The summed E-state index contributed by atoms with van der Waals surface area (Å²) in [7, 11) is -2.32. The highest BCUT2D eigenvalue weighted by Crippen LogP contribution is 2.62. The number of benzene rings is 1. The lowest BCUT2D eigenvalue weighted by Gasteiger charge is -2.40. The second kappa shape index (κ2) is 7.14. The molecule has 0 heterocycles. The Morgan fingerprint density at radius 3 is 1.52 bits per heavy atom. The fourth-order valence-electron chi connectivity index (χ4n) is 5.32. The average molecular weight is 332 g/mol. The first kappa shape index (κ1) is 17.3. The van der Waals surface area contributed by atoms with Crippen LogP contribution < -0.4 is 5.30 Å². The molecule has 2 fully saturated rings. The van der Waals surface area contributed by atoms with Crippen LogP contribution in [-0.2, 0) is 4.57 Å². The normalized spacial score (nSPS) is 21.5. The van der Waals surface area contributed by atoms with Crippen molar-refractivity contribution in [1.29, 1.82) is 0 Å². The quantitative estimate of drug-likeness (QED) is 0.597. The van der Waals surface area contributed by atoms with E-state index in [1.807, 2.05) is 0 Å². The first-order valence-electron chi connectivity index (χ1n) is 9.71. The third-order valence-corrected chi connectivity index (χ3v) is 10.8. The van der Waals surface area contributed by atoms with Crippen LogP contribution in [0.5, 0.6) is 0 Å². The maximum atomic E-state index is 14.7. The summed E-state index contributed by atoms with van der Waals surface area (Å²) in [6.45, 7) is 6.57. The standard InChI is InChI=1S/C21H33OP/c1-16-14-17(2)21(18(3)15-16)23(22,19-10-6-4-7-11-19)20-12-8-5-9-13-20/h14-15,19-20H,4-13H2,1-3H3. The predicted octanol–water partition coefficient (Wildman–Crippen LogP) is 6.27. The maximum Gasteiger partial charge on any atom is 0.122 e. The highest BCUT2D eigenvalue weighted by molar-refractivity contribution is 7.73. The number of aryl methyl sites for hydroxylation is 3. The highest BCUT2D eigenvalue weighted by atomic mass is 31.2. The summed E-state index contributed by atoms with van der Waals surface area (Å²) < 4.78 is 14.7. The summed E-state index contributed by atoms with van der Waals surface area (Å²) >= 11 is 0. The Morgan fingerprint density at radius 2 is 1.13 bits per heavy atom. The van der Waals surface area contributed by atoms with E-state index >= 15 is 0 Å². The fourth-order valence-corrected chi connectivity index (χ4v) is 10.1. The second-order valence-corrected chi connectivity index (χ2v) is 11.4. The molecule has 0 saturated heterocycles.